The van der Waals surface area contributed by atoms with Crippen molar-refractivity contribution in [1.82, 2.24) is 4.90 Å². The first-order chi connectivity index (χ1) is 12.8. The fraction of sp³-hybridized carbons (Fsp3) is 0.632. The number of carbonyl (C=O) groups excluding carboxylic acids is 3. The summed E-state index contributed by atoms with van der Waals surface area (Å²) in [6.45, 7) is 5.93. The first kappa shape index (κ1) is 19.8. The van der Waals surface area contributed by atoms with Crippen LogP contribution in [0.2, 0.25) is 0 Å². The Morgan fingerprint density at radius 2 is 1.85 bits per heavy atom. The van der Waals surface area contributed by atoms with E-state index in [0.717, 1.165) is 36.1 Å². The number of rotatable bonds is 4. The third-order valence-corrected chi connectivity index (χ3v) is 5.97. The Morgan fingerprint density at radius 1 is 1.19 bits per heavy atom. The molecule has 27 heavy (non-hydrogen) atoms. The average Bonchev–Trinajstić information content (AvgIpc) is 2.95. The van der Waals surface area contributed by atoms with Gasteiger partial charge in [-0.3, -0.25) is 9.59 Å². The minimum absolute atomic E-state index is 0.0383. The number of hydrogen-bond acceptors (Lipinski definition) is 6. The van der Waals surface area contributed by atoms with Gasteiger partial charge in [-0.15, -0.1) is 11.3 Å². The second-order valence-electron chi connectivity index (χ2n) is 7.23. The lowest BCUT2D eigenvalue weighted by atomic mass is 9.95. The van der Waals surface area contributed by atoms with Crippen molar-refractivity contribution in [2.75, 3.05) is 25.0 Å². The van der Waals surface area contributed by atoms with E-state index < -0.39 is 5.97 Å². The summed E-state index contributed by atoms with van der Waals surface area (Å²) in [5.41, 5.74) is 1.38. The number of esters is 1. The van der Waals surface area contributed by atoms with Crippen molar-refractivity contribution in [2.45, 2.75) is 58.7 Å². The van der Waals surface area contributed by atoms with Gasteiger partial charge >= 0.3 is 5.97 Å². The van der Waals surface area contributed by atoms with Crippen LogP contribution in [0.5, 0.6) is 0 Å². The number of carbonyl (C=O) groups is 3. The maximum Gasteiger partial charge on any atom is 0.341 e. The van der Waals surface area contributed by atoms with E-state index in [-0.39, 0.29) is 30.6 Å². The Balaban J connectivity index is 1.69. The summed E-state index contributed by atoms with van der Waals surface area (Å²) in [5, 5.41) is 3.27. The maximum absolute atomic E-state index is 12.7. The Kier molecular flexibility index (Phi) is 6.16. The van der Waals surface area contributed by atoms with Gasteiger partial charge in [-0.25, -0.2) is 4.79 Å². The molecule has 1 fully saturated rings. The SMILES string of the molecule is CC(=O)Nc1sc2c(c1C(=O)OCC(=O)N1CC(C)OC(C)C1)CCCC2. The summed E-state index contributed by atoms with van der Waals surface area (Å²) in [4.78, 5) is 39.5. The van der Waals surface area contributed by atoms with Crippen LogP contribution >= 0.6 is 11.3 Å². The molecule has 3 rings (SSSR count). The van der Waals surface area contributed by atoms with E-state index in [9.17, 15) is 14.4 Å². The first-order valence-corrected chi connectivity index (χ1v) is 10.2. The minimum Gasteiger partial charge on any atom is -0.452 e. The zero-order chi connectivity index (χ0) is 19.6. The highest BCUT2D eigenvalue weighted by Gasteiger charge is 2.29. The van der Waals surface area contributed by atoms with Crippen molar-refractivity contribution in [3.63, 3.8) is 0 Å². The summed E-state index contributed by atoms with van der Waals surface area (Å²) in [5.74, 6) is -0.994. The lowest BCUT2D eigenvalue weighted by molar-refractivity contribution is -0.146. The molecule has 0 saturated carbocycles. The molecule has 2 heterocycles. The van der Waals surface area contributed by atoms with Gasteiger partial charge in [0.15, 0.2) is 6.61 Å². The average molecular weight is 394 g/mol. The predicted molar refractivity (Wildman–Crippen MR) is 102 cm³/mol. The zero-order valence-electron chi connectivity index (χ0n) is 16.0. The number of aryl methyl sites for hydroxylation is 1. The largest absolute Gasteiger partial charge is 0.452 e. The van der Waals surface area contributed by atoms with Crippen LogP contribution in [-0.4, -0.2) is 54.6 Å². The van der Waals surface area contributed by atoms with Gasteiger partial charge in [-0.2, -0.15) is 0 Å². The number of anilines is 1. The first-order valence-electron chi connectivity index (χ1n) is 9.37. The number of nitrogens with zero attached hydrogens (tertiary/aromatic N) is 1. The molecule has 0 bridgehead atoms. The van der Waals surface area contributed by atoms with E-state index in [4.69, 9.17) is 9.47 Å². The molecule has 1 aromatic rings. The molecular formula is C19H26N2O5S. The van der Waals surface area contributed by atoms with Crippen LogP contribution in [0.3, 0.4) is 0 Å². The Morgan fingerprint density at radius 3 is 2.52 bits per heavy atom. The number of ether oxygens (including phenoxy) is 2. The molecule has 8 heteroatoms. The molecule has 1 aromatic heterocycles. The van der Waals surface area contributed by atoms with E-state index in [2.05, 4.69) is 5.32 Å². The number of morpholine rings is 1. The molecule has 2 amide bonds. The van der Waals surface area contributed by atoms with Crippen molar-refractivity contribution in [1.29, 1.82) is 0 Å². The van der Waals surface area contributed by atoms with Gasteiger partial charge in [-0.1, -0.05) is 0 Å². The van der Waals surface area contributed by atoms with E-state index in [1.165, 1.54) is 18.3 Å². The van der Waals surface area contributed by atoms with Gasteiger partial charge in [0.2, 0.25) is 5.91 Å². The highest BCUT2D eigenvalue weighted by Crippen LogP contribution is 2.38. The molecule has 148 valence electrons. The van der Waals surface area contributed by atoms with Crippen LogP contribution < -0.4 is 5.32 Å². The van der Waals surface area contributed by atoms with Crippen LogP contribution in [-0.2, 0) is 31.9 Å². The standard InChI is InChI=1S/C19H26N2O5S/c1-11-8-21(9-12(2)26-11)16(23)10-25-19(24)17-14-6-4-5-7-15(14)27-18(17)20-13(3)22/h11-12H,4-10H2,1-3H3,(H,20,22). The van der Waals surface area contributed by atoms with Gasteiger partial charge in [0, 0.05) is 24.9 Å². The van der Waals surface area contributed by atoms with Crippen molar-refractivity contribution < 1.29 is 23.9 Å². The molecule has 0 radical (unpaired) electrons. The normalized spacial score (nSPS) is 22.1. The van der Waals surface area contributed by atoms with E-state index in [1.54, 1.807) is 4.90 Å². The highest BCUT2D eigenvalue weighted by molar-refractivity contribution is 7.17. The second kappa shape index (κ2) is 8.39. The molecule has 2 aliphatic rings. The van der Waals surface area contributed by atoms with Gasteiger partial charge in [0.05, 0.1) is 17.8 Å². The quantitative estimate of drug-likeness (QED) is 0.793. The summed E-state index contributed by atoms with van der Waals surface area (Å²) in [7, 11) is 0. The van der Waals surface area contributed by atoms with Crippen LogP contribution in [0, 0.1) is 0 Å². The molecule has 1 aliphatic carbocycles. The summed E-state index contributed by atoms with van der Waals surface area (Å²) in [6, 6.07) is 0. The van der Waals surface area contributed by atoms with E-state index >= 15 is 0 Å². The Hall–Kier alpha value is -1.93. The van der Waals surface area contributed by atoms with Crippen LogP contribution in [0.25, 0.3) is 0 Å². The number of fused-ring (bicyclic) bond motifs is 1. The van der Waals surface area contributed by atoms with Gasteiger partial charge in [0.1, 0.15) is 5.00 Å². The lowest BCUT2D eigenvalue weighted by Crippen LogP contribution is -2.49. The fourth-order valence-electron chi connectivity index (χ4n) is 3.70. The molecule has 2 atom stereocenters. The molecule has 1 saturated heterocycles. The maximum atomic E-state index is 12.7. The molecule has 2 unspecified atom stereocenters. The van der Waals surface area contributed by atoms with E-state index in [0.29, 0.717) is 23.7 Å². The van der Waals surface area contributed by atoms with Crippen LogP contribution in [0.4, 0.5) is 5.00 Å². The van der Waals surface area contributed by atoms with Crippen molar-refractivity contribution in [3.05, 3.63) is 16.0 Å². The lowest BCUT2D eigenvalue weighted by Gasteiger charge is -2.35. The van der Waals surface area contributed by atoms with E-state index in [1.807, 2.05) is 13.8 Å². The zero-order valence-corrected chi connectivity index (χ0v) is 16.8. The van der Waals surface area contributed by atoms with Gasteiger partial charge in [0.25, 0.3) is 5.91 Å². The van der Waals surface area contributed by atoms with Gasteiger partial charge < -0.3 is 19.7 Å². The molecular weight excluding hydrogens is 368 g/mol. The number of hydrogen-bond donors (Lipinski definition) is 1. The molecule has 0 aromatic carbocycles. The third kappa shape index (κ3) is 4.68. The molecule has 1 N–H and O–H groups in total. The topological polar surface area (TPSA) is 84.9 Å². The molecule has 1 aliphatic heterocycles. The second-order valence-corrected chi connectivity index (χ2v) is 8.33. The number of nitrogens with one attached hydrogen (secondary N) is 1. The number of amides is 2. The summed E-state index contributed by atoms with van der Waals surface area (Å²) in [6.07, 6.45) is 3.71. The van der Waals surface area contributed by atoms with Crippen molar-refractivity contribution in [2.24, 2.45) is 0 Å². The molecule has 0 spiro atoms. The summed E-state index contributed by atoms with van der Waals surface area (Å²) >= 11 is 1.44. The smallest absolute Gasteiger partial charge is 0.341 e. The Labute approximate surface area is 163 Å². The number of thiophene rings is 1. The van der Waals surface area contributed by atoms with Crippen molar-refractivity contribution >= 4 is 34.1 Å². The third-order valence-electron chi connectivity index (χ3n) is 4.76. The fourth-order valence-corrected chi connectivity index (χ4v) is 5.03. The van der Waals surface area contributed by atoms with Crippen LogP contribution in [0.1, 0.15) is 54.4 Å². The Bertz CT molecular complexity index is 735. The monoisotopic (exact) mass is 394 g/mol. The van der Waals surface area contributed by atoms with Gasteiger partial charge in [-0.05, 0) is 45.1 Å². The highest BCUT2D eigenvalue weighted by atomic mass is 32.1. The van der Waals surface area contributed by atoms with Crippen LogP contribution in [0.15, 0.2) is 0 Å². The minimum atomic E-state index is -0.541. The summed E-state index contributed by atoms with van der Waals surface area (Å²) < 4.78 is 11.0. The predicted octanol–water partition coefficient (Wildman–Crippen LogP) is 2.38. The van der Waals surface area contributed by atoms with Crippen molar-refractivity contribution in [3.8, 4) is 0 Å². The molecule has 7 nitrogen and oxygen atoms in total.